The number of aromatic nitrogens is 1. The van der Waals surface area contributed by atoms with Crippen LogP contribution in [0.15, 0.2) is 66.9 Å². The third-order valence-corrected chi connectivity index (χ3v) is 7.64. The fourth-order valence-electron chi connectivity index (χ4n) is 6.09. The van der Waals surface area contributed by atoms with E-state index in [4.69, 9.17) is 4.74 Å². The highest BCUT2D eigenvalue weighted by molar-refractivity contribution is 5.82. The lowest BCUT2D eigenvalue weighted by molar-refractivity contribution is -0.152. The van der Waals surface area contributed by atoms with Gasteiger partial charge < -0.3 is 4.74 Å². The summed E-state index contributed by atoms with van der Waals surface area (Å²) < 4.78 is 5.55. The van der Waals surface area contributed by atoms with Crippen molar-refractivity contribution in [2.75, 3.05) is 19.7 Å². The third-order valence-electron chi connectivity index (χ3n) is 7.64. The first-order valence-electron chi connectivity index (χ1n) is 11.9. The molecule has 3 aromatic rings. The van der Waals surface area contributed by atoms with E-state index in [1.54, 1.807) is 0 Å². The lowest BCUT2D eigenvalue weighted by atomic mass is 9.64. The van der Waals surface area contributed by atoms with Gasteiger partial charge in [0.15, 0.2) is 0 Å². The van der Waals surface area contributed by atoms with Crippen LogP contribution in [0.1, 0.15) is 49.7 Å². The highest BCUT2D eigenvalue weighted by Crippen LogP contribution is 2.52. The lowest BCUT2D eigenvalue weighted by Gasteiger charge is -2.40. The van der Waals surface area contributed by atoms with Gasteiger partial charge in [0.1, 0.15) is 0 Å². The molecule has 1 atom stereocenters. The molecule has 2 heterocycles. The average molecular weight is 429 g/mol. The Morgan fingerprint density at radius 3 is 2.59 bits per heavy atom. The summed E-state index contributed by atoms with van der Waals surface area (Å²) in [5.74, 6) is 0.497. The molecular formula is C28H32N2O2. The lowest BCUT2D eigenvalue weighted by Crippen LogP contribution is -2.39. The van der Waals surface area contributed by atoms with Crippen LogP contribution in [0.3, 0.4) is 0 Å². The van der Waals surface area contributed by atoms with Gasteiger partial charge in [-0.2, -0.15) is 0 Å². The highest BCUT2D eigenvalue weighted by Gasteiger charge is 2.52. The molecule has 1 spiro atoms. The van der Waals surface area contributed by atoms with Crippen LogP contribution in [-0.2, 0) is 16.1 Å². The minimum Gasteiger partial charge on any atom is -0.466 e. The normalized spacial score (nSPS) is 25.9. The molecule has 1 aliphatic heterocycles. The van der Waals surface area contributed by atoms with Crippen molar-refractivity contribution in [3.05, 3.63) is 78.0 Å². The van der Waals surface area contributed by atoms with Crippen molar-refractivity contribution in [2.24, 2.45) is 11.3 Å². The van der Waals surface area contributed by atoms with Crippen molar-refractivity contribution in [3.8, 4) is 0 Å². The van der Waals surface area contributed by atoms with Gasteiger partial charge >= 0.3 is 5.97 Å². The number of esters is 1. The van der Waals surface area contributed by atoms with Crippen LogP contribution < -0.4 is 0 Å². The molecule has 4 nitrogen and oxygen atoms in total. The number of para-hydroxylation sites is 1. The van der Waals surface area contributed by atoms with Crippen LogP contribution in [-0.4, -0.2) is 35.5 Å². The third kappa shape index (κ3) is 4.04. The van der Waals surface area contributed by atoms with Crippen molar-refractivity contribution >= 4 is 16.9 Å². The smallest absolute Gasteiger partial charge is 0.310 e. The number of fused-ring (bicyclic) bond motifs is 1. The maximum atomic E-state index is 13.0. The number of pyridine rings is 1. The van der Waals surface area contributed by atoms with Crippen molar-refractivity contribution < 1.29 is 9.53 Å². The van der Waals surface area contributed by atoms with E-state index in [1.165, 1.54) is 16.5 Å². The zero-order valence-corrected chi connectivity index (χ0v) is 18.9. The van der Waals surface area contributed by atoms with Crippen molar-refractivity contribution in [1.29, 1.82) is 0 Å². The maximum Gasteiger partial charge on any atom is 0.310 e. The first kappa shape index (κ1) is 21.1. The van der Waals surface area contributed by atoms with Crippen LogP contribution in [0.2, 0.25) is 0 Å². The van der Waals surface area contributed by atoms with Crippen LogP contribution in [0.25, 0.3) is 10.9 Å². The Balaban J connectivity index is 1.36. The van der Waals surface area contributed by atoms with E-state index in [2.05, 4.69) is 70.5 Å². The first-order valence-corrected chi connectivity index (χ1v) is 11.9. The molecule has 2 aliphatic rings. The number of hydrogen-bond acceptors (Lipinski definition) is 4. The Morgan fingerprint density at radius 2 is 1.81 bits per heavy atom. The number of benzene rings is 2. The molecule has 1 saturated carbocycles. The number of carbonyl (C=O) groups is 1. The number of hydrogen-bond donors (Lipinski definition) is 0. The second-order valence-electron chi connectivity index (χ2n) is 9.51. The van der Waals surface area contributed by atoms with Crippen LogP contribution in [0.4, 0.5) is 0 Å². The average Bonchev–Trinajstić information content (AvgIpc) is 3.17. The summed E-state index contributed by atoms with van der Waals surface area (Å²) >= 11 is 0. The second kappa shape index (κ2) is 9.03. The van der Waals surface area contributed by atoms with Gasteiger partial charge in [-0.05, 0) is 67.2 Å². The summed E-state index contributed by atoms with van der Waals surface area (Å²) in [7, 11) is 0. The number of likely N-dealkylation sites (tertiary alicyclic amines) is 1. The Bertz CT molecular complexity index is 1070. The molecule has 0 bridgehead atoms. The summed E-state index contributed by atoms with van der Waals surface area (Å²) in [6.07, 6.45) is 6.32. The molecule has 2 fully saturated rings. The second-order valence-corrected chi connectivity index (χ2v) is 9.51. The number of nitrogens with zero attached hydrogens (tertiary/aromatic N) is 2. The molecule has 1 unspecified atom stereocenters. The van der Waals surface area contributed by atoms with Crippen molar-refractivity contribution in [3.63, 3.8) is 0 Å². The summed E-state index contributed by atoms with van der Waals surface area (Å²) in [4.78, 5) is 20.0. The molecular weight excluding hydrogens is 396 g/mol. The van der Waals surface area contributed by atoms with E-state index < -0.39 is 0 Å². The van der Waals surface area contributed by atoms with Gasteiger partial charge in [0, 0.05) is 31.2 Å². The SMILES string of the molecule is CCOC(=O)C1CN(Cc2ccccc2)CC12CCC(c1ccnc3ccccc13)CC2. The molecule has 0 N–H and O–H groups in total. The number of carbonyl (C=O) groups excluding carboxylic acids is 1. The standard InChI is InChI=1S/C28H32N2O2/c1-2-32-27(31)25-19-30(18-21-8-4-3-5-9-21)20-28(25)15-12-22(13-16-28)23-14-17-29-26-11-7-6-10-24(23)26/h3-11,14,17,22,25H,2,12-13,15-16,18-20H2,1H3. The molecule has 2 aromatic carbocycles. The van der Waals surface area contributed by atoms with Gasteiger partial charge in [0.05, 0.1) is 18.0 Å². The van der Waals surface area contributed by atoms with E-state index in [9.17, 15) is 4.79 Å². The van der Waals surface area contributed by atoms with E-state index in [-0.39, 0.29) is 17.3 Å². The zero-order chi connectivity index (χ0) is 22.0. The fourth-order valence-corrected chi connectivity index (χ4v) is 6.09. The molecule has 1 saturated heterocycles. The first-order chi connectivity index (χ1) is 15.7. The number of rotatable bonds is 5. The molecule has 1 aromatic heterocycles. The predicted octanol–water partition coefficient (Wildman–Crippen LogP) is 5.57. The Labute approximate surface area is 190 Å². The van der Waals surface area contributed by atoms with E-state index in [0.717, 1.165) is 50.8 Å². The molecule has 1 aliphatic carbocycles. The zero-order valence-electron chi connectivity index (χ0n) is 18.9. The summed E-state index contributed by atoms with van der Waals surface area (Å²) in [5.41, 5.74) is 3.83. The van der Waals surface area contributed by atoms with Gasteiger partial charge in [-0.15, -0.1) is 0 Å². The number of ether oxygens (including phenoxy) is 1. The Hall–Kier alpha value is -2.72. The van der Waals surface area contributed by atoms with Crippen molar-refractivity contribution in [1.82, 2.24) is 9.88 Å². The van der Waals surface area contributed by atoms with E-state index in [0.29, 0.717) is 12.5 Å². The predicted molar refractivity (Wildman–Crippen MR) is 127 cm³/mol. The van der Waals surface area contributed by atoms with Crippen molar-refractivity contribution in [2.45, 2.75) is 45.1 Å². The minimum absolute atomic E-state index is 0.00382. The molecule has 0 radical (unpaired) electrons. The molecule has 5 rings (SSSR count). The molecule has 166 valence electrons. The fraction of sp³-hybridized carbons (Fsp3) is 0.429. The summed E-state index contributed by atoms with van der Waals surface area (Å²) in [5, 5.41) is 1.27. The quantitative estimate of drug-likeness (QED) is 0.498. The largest absolute Gasteiger partial charge is 0.466 e. The van der Waals surface area contributed by atoms with Crippen LogP contribution in [0, 0.1) is 11.3 Å². The summed E-state index contributed by atoms with van der Waals surface area (Å²) in [6.45, 7) is 5.05. The van der Waals surface area contributed by atoms with Gasteiger partial charge in [-0.25, -0.2) is 0 Å². The van der Waals surface area contributed by atoms with Gasteiger partial charge in [-0.3, -0.25) is 14.7 Å². The topological polar surface area (TPSA) is 42.4 Å². The van der Waals surface area contributed by atoms with Gasteiger partial charge in [-0.1, -0.05) is 48.5 Å². The maximum absolute atomic E-state index is 13.0. The van der Waals surface area contributed by atoms with Crippen LogP contribution >= 0.6 is 0 Å². The Morgan fingerprint density at radius 1 is 1.06 bits per heavy atom. The van der Waals surface area contributed by atoms with Crippen LogP contribution in [0.5, 0.6) is 0 Å². The van der Waals surface area contributed by atoms with E-state index >= 15 is 0 Å². The molecule has 0 amide bonds. The Kier molecular flexibility index (Phi) is 5.97. The monoisotopic (exact) mass is 428 g/mol. The molecule has 32 heavy (non-hydrogen) atoms. The van der Waals surface area contributed by atoms with Gasteiger partial charge in [0.25, 0.3) is 0 Å². The summed E-state index contributed by atoms with van der Waals surface area (Å²) in [6, 6.07) is 21.2. The highest BCUT2D eigenvalue weighted by atomic mass is 16.5. The van der Waals surface area contributed by atoms with Gasteiger partial charge in [0.2, 0.25) is 0 Å². The van der Waals surface area contributed by atoms with E-state index in [1.807, 2.05) is 13.1 Å². The molecule has 4 heteroatoms. The minimum atomic E-state index is -0.0266.